The van der Waals surface area contributed by atoms with Gasteiger partial charge >= 0.3 is 0 Å². The van der Waals surface area contributed by atoms with Crippen molar-refractivity contribution in [2.45, 2.75) is 34.6 Å². The Hall–Kier alpha value is -1.89. The first-order valence-corrected chi connectivity index (χ1v) is 6.32. The van der Waals surface area contributed by atoms with Gasteiger partial charge in [0, 0.05) is 18.3 Å². The van der Waals surface area contributed by atoms with Crippen molar-refractivity contribution < 1.29 is 4.79 Å². The molecule has 1 aromatic rings. The number of amides is 1. The van der Waals surface area contributed by atoms with Crippen LogP contribution in [0.3, 0.4) is 0 Å². The second-order valence-electron chi connectivity index (χ2n) is 6.36. The molecular formula is C15H21N3O. The van der Waals surface area contributed by atoms with E-state index in [0.717, 1.165) is 0 Å². The summed E-state index contributed by atoms with van der Waals surface area (Å²) in [6.45, 7) is 11.3. The van der Waals surface area contributed by atoms with Gasteiger partial charge < -0.3 is 5.32 Å². The minimum absolute atomic E-state index is 0.0201. The summed E-state index contributed by atoms with van der Waals surface area (Å²) in [5.74, 6) is -0.170. The fraction of sp³-hybridized carbons (Fsp3) is 0.533. The SMILES string of the molecule is CC(C)(C)C(C)(C)CNC(=O)c1ccnc(C#N)c1. The molecule has 0 radical (unpaired) electrons. The van der Waals surface area contributed by atoms with Gasteiger partial charge in [0.05, 0.1) is 0 Å². The molecule has 4 heteroatoms. The van der Waals surface area contributed by atoms with Crippen LogP contribution < -0.4 is 5.32 Å². The average Bonchev–Trinajstić information content (AvgIpc) is 2.34. The fourth-order valence-corrected chi connectivity index (χ4v) is 1.30. The molecule has 1 rings (SSSR count). The number of nitriles is 1. The lowest BCUT2D eigenvalue weighted by Crippen LogP contribution is -2.41. The van der Waals surface area contributed by atoms with Gasteiger partial charge in [-0.05, 0) is 23.0 Å². The van der Waals surface area contributed by atoms with E-state index in [0.29, 0.717) is 12.1 Å². The number of nitrogens with one attached hydrogen (secondary N) is 1. The van der Waals surface area contributed by atoms with Gasteiger partial charge in [0.15, 0.2) is 0 Å². The molecule has 102 valence electrons. The number of pyridine rings is 1. The van der Waals surface area contributed by atoms with Gasteiger partial charge in [0.2, 0.25) is 0 Å². The smallest absolute Gasteiger partial charge is 0.251 e. The fourth-order valence-electron chi connectivity index (χ4n) is 1.30. The minimum atomic E-state index is -0.170. The number of carbonyl (C=O) groups is 1. The third kappa shape index (κ3) is 3.78. The maximum atomic E-state index is 12.0. The van der Waals surface area contributed by atoms with Crippen LogP contribution in [0.2, 0.25) is 0 Å². The van der Waals surface area contributed by atoms with Crippen molar-refractivity contribution in [1.82, 2.24) is 10.3 Å². The van der Waals surface area contributed by atoms with E-state index >= 15 is 0 Å². The van der Waals surface area contributed by atoms with Crippen LogP contribution >= 0.6 is 0 Å². The van der Waals surface area contributed by atoms with E-state index in [2.05, 4.69) is 44.9 Å². The van der Waals surface area contributed by atoms with E-state index < -0.39 is 0 Å². The quantitative estimate of drug-likeness (QED) is 0.907. The van der Waals surface area contributed by atoms with Crippen LogP contribution in [0.4, 0.5) is 0 Å². The summed E-state index contributed by atoms with van der Waals surface area (Å²) in [7, 11) is 0. The van der Waals surface area contributed by atoms with Crippen LogP contribution in [-0.2, 0) is 0 Å². The number of hydrogen-bond donors (Lipinski definition) is 1. The summed E-state index contributed by atoms with van der Waals surface area (Å²) < 4.78 is 0. The molecule has 0 bridgehead atoms. The summed E-state index contributed by atoms with van der Waals surface area (Å²) in [6.07, 6.45) is 1.47. The first-order chi connectivity index (χ1) is 8.67. The van der Waals surface area contributed by atoms with E-state index in [9.17, 15) is 4.79 Å². The average molecular weight is 259 g/mol. The van der Waals surface area contributed by atoms with Crippen molar-refractivity contribution in [2.24, 2.45) is 10.8 Å². The second kappa shape index (κ2) is 5.40. The Balaban J connectivity index is 2.74. The van der Waals surface area contributed by atoms with Crippen molar-refractivity contribution in [1.29, 1.82) is 5.26 Å². The molecule has 0 saturated heterocycles. The minimum Gasteiger partial charge on any atom is -0.351 e. The molecule has 1 N–H and O–H groups in total. The molecular weight excluding hydrogens is 238 g/mol. The summed E-state index contributed by atoms with van der Waals surface area (Å²) >= 11 is 0. The van der Waals surface area contributed by atoms with Crippen LogP contribution in [0.5, 0.6) is 0 Å². The number of nitrogens with zero attached hydrogens (tertiary/aromatic N) is 2. The van der Waals surface area contributed by atoms with E-state index in [1.807, 2.05) is 6.07 Å². The van der Waals surface area contributed by atoms with Gasteiger partial charge in [0.25, 0.3) is 5.91 Å². The molecule has 1 aromatic heterocycles. The monoisotopic (exact) mass is 259 g/mol. The molecule has 1 amide bonds. The maximum Gasteiger partial charge on any atom is 0.251 e. The molecule has 0 saturated carbocycles. The Bertz CT molecular complexity index is 507. The number of aromatic nitrogens is 1. The van der Waals surface area contributed by atoms with Crippen molar-refractivity contribution in [2.75, 3.05) is 6.54 Å². The Morgan fingerprint density at radius 3 is 2.53 bits per heavy atom. The van der Waals surface area contributed by atoms with E-state index in [1.54, 1.807) is 6.07 Å². The molecule has 0 fully saturated rings. The Morgan fingerprint density at radius 1 is 1.37 bits per heavy atom. The Morgan fingerprint density at radius 2 is 2.00 bits per heavy atom. The molecule has 0 aliphatic rings. The van der Waals surface area contributed by atoms with Crippen molar-refractivity contribution in [3.05, 3.63) is 29.6 Å². The first kappa shape index (κ1) is 15.2. The molecule has 0 atom stereocenters. The molecule has 19 heavy (non-hydrogen) atoms. The highest BCUT2D eigenvalue weighted by atomic mass is 16.1. The lowest BCUT2D eigenvalue weighted by atomic mass is 9.69. The van der Waals surface area contributed by atoms with Gasteiger partial charge in [-0.3, -0.25) is 4.79 Å². The topological polar surface area (TPSA) is 65.8 Å². The summed E-state index contributed by atoms with van der Waals surface area (Å²) in [6, 6.07) is 5.04. The Labute approximate surface area is 114 Å². The second-order valence-corrected chi connectivity index (χ2v) is 6.36. The van der Waals surface area contributed by atoms with Crippen LogP contribution in [0.25, 0.3) is 0 Å². The summed E-state index contributed by atoms with van der Waals surface area (Å²) in [5.41, 5.74) is 0.795. The van der Waals surface area contributed by atoms with Gasteiger partial charge in [0.1, 0.15) is 11.8 Å². The normalized spacial score (nSPS) is 11.8. The highest BCUT2D eigenvalue weighted by Gasteiger charge is 2.32. The maximum absolute atomic E-state index is 12.0. The largest absolute Gasteiger partial charge is 0.351 e. The lowest BCUT2D eigenvalue weighted by molar-refractivity contribution is 0.0867. The van der Waals surface area contributed by atoms with Crippen LogP contribution in [0, 0.1) is 22.2 Å². The zero-order valence-electron chi connectivity index (χ0n) is 12.2. The predicted molar refractivity (Wildman–Crippen MR) is 74.5 cm³/mol. The zero-order valence-corrected chi connectivity index (χ0v) is 12.2. The third-order valence-electron chi connectivity index (χ3n) is 3.86. The van der Waals surface area contributed by atoms with Crippen LogP contribution in [0.15, 0.2) is 18.3 Å². The number of hydrogen-bond acceptors (Lipinski definition) is 3. The summed E-state index contributed by atoms with van der Waals surface area (Å²) in [5, 5.41) is 11.7. The molecule has 1 heterocycles. The molecule has 0 aliphatic carbocycles. The molecule has 0 aromatic carbocycles. The zero-order chi connectivity index (χ0) is 14.7. The lowest BCUT2D eigenvalue weighted by Gasteiger charge is -2.38. The van der Waals surface area contributed by atoms with E-state index in [1.165, 1.54) is 12.3 Å². The van der Waals surface area contributed by atoms with Gasteiger partial charge in [-0.15, -0.1) is 0 Å². The van der Waals surface area contributed by atoms with Crippen LogP contribution in [-0.4, -0.2) is 17.4 Å². The van der Waals surface area contributed by atoms with Gasteiger partial charge in [-0.25, -0.2) is 4.98 Å². The first-order valence-electron chi connectivity index (χ1n) is 6.32. The molecule has 0 spiro atoms. The predicted octanol–water partition coefficient (Wildman–Crippen LogP) is 2.76. The van der Waals surface area contributed by atoms with Crippen molar-refractivity contribution >= 4 is 5.91 Å². The molecule has 4 nitrogen and oxygen atoms in total. The van der Waals surface area contributed by atoms with Crippen molar-refractivity contribution in [3.63, 3.8) is 0 Å². The molecule has 0 aliphatic heterocycles. The van der Waals surface area contributed by atoms with E-state index in [4.69, 9.17) is 5.26 Å². The number of carbonyl (C=O) groups excluding carboxylic acids is 1. The standard InChI is InChI=1S/C15H21N3O/c1-14(2,3)15(4,5)10-18-13(19)11-6-7-17-12(8-11)9-16/h6-8H,10H2,1-5H3,(H,18,19). The molecule has 0 unspecified atom stereocenters. The van der Waals surface area contributed by atoms with Gasteiger partial charge in [-0.2, -0.15) is 5.26 Å². The van der Waals surface area contributed by atoms with Crippen molar-refractivity contribution in [3.8, 4) is 6.07 Å². The summed E-state index contributed by atoms with van der Waals surface area (Å²) in [4.78, 5) is 15.9. The highest BCUT2D eigenvalue weighted by molar-refractivity contribution is 5.94. The third-order valence-corrected chi connectivity index (χ3v) is 3.86. The number of rotatable bonds is 3. The Kier molecular flexibility index (Phi) is 4.31. The van der Waals surface area contributed by atoms with Gasteiger partial charge in [-0.1, -0.05) is 34.6 Å². The van der Waals surface area contributed by atoms with Crippen LogP contribution in [0.1, 0.15) is 50.7 Å². The highest BCUT2D eigenvalue weighted by Crippen LogP contribution is 2.36. The van der Waals surface area contributed by atoms with E-state index in [-0.39, 0.29) is 22.4 Å².